The number of carbonyl (C=O) groups is 1. The summed E-state index contributed by atoms with van der Waals surface area (Å²) in [7, 11) is 0. The first-order chi connectivity index (χ1) is 5.93. The average molecular weight is 198 g/mol. The van der Waals surface area contributed by atoms with E-state index in [4.69, 9.17) is 5.11 Å². The zero-order valence-corrected chi connectivity index (χ0v) is 6.67. The highest BCUT2D eigenvalue weighted by atomic mass is 19.4. The summed E-state index contributed by atoms with van der Waals surface area (Å²) in [4.78, 5) is 10.4. The fourth-order valence-corrected chi connectivity index (χ4v) is 1.37. The molecule has 1 heterocycles. The molecule has 0 aromatic rings. The minimum atomic E-state index is -4.44. The number of aliphatic carboxylic acids is 1. The number of hydrogen-bond acceptors (Lipinski definition) is 2. The van der Waals surface area contributed by atoms with Crippen LogP contribution in [0.5, 0.6) is 0 Å². The predicted octanol–water partition coefficient (Wildman–Crippen LogP) is 1.29. The van der Waals surface area contributed by atoms with Crippen molar-refractivity contribution in [3.63, 3.8) is 0 Å². The monoisotopic (exact) mass is 198 g/mol. The highest BCUT2D eigenvalue weighted by Crippen LogP contribution is 2.37. The Bertz CT molecular complexity index is 202. The maximum Gasteiger partial charge on any atom is 0.392 e. The summed E-state index contributed by atoms with van der Waals surface area (Å²) in [6.07, 6.45) is -4.70. The van der Waals surface area contributed by atoms with Crippen LogP contribution < -0.4 is 0 Å². The van der Waals surface area contributed by atoms with E-state index in [-0.39, 0.29) is 19.6 Å². The van der Waals surface area contributed by atoms with Crippen LogP contribution in [0.25, 0.3) is 0 Å². The molecule has 13 heavy (non-hydrogen) atoms. The molecule has 1 aliphatic rings. The smallest absolute Gasteiger partial charge is 0.392 e. The Hall–Kier alpha value is -0.780. The van der Waals surface area contributed by atoms with Crippen molar-refractivity contribution < 1.29 is 27.8 Å². The second kappa shape index (κ2) is 3.53. The van der Waals surface area contributed by atoms with Gasteiger partial charge in [0.1, 0.15) is 0 Å². The van der Waals surface area contributed by atoms with Gasteiger partial charge in [-0.3, -0.25) is 4.79 Å². The van der Waals surface area contributed by atoms with E-state index in [0.29, 0.717) is 0 Å². The molecule has 1 saturated heterocycles. The van der Waals surface area contributed by atoms with Crippen molar-refractivity contribution in [1.29, 1.82) is 0 Å². The van der Waals surface area contributed by atoms with Crippen LogP contribution in [0, 0.1) is 11.8 Å². The topological polar surface area (TPSA) is 46.5 Å². The van der Waals surface area contributed by atoms with Gasteiger partial charge in [-0.1, -0.05) is 0 Å². The Morgan fingerprint density at radius 2 is 2.08 bits per heavy atom. The van der Waals surface area contributed by atoms with Crippen molar-refractivity contribution in [2.24, 2.45) is 11.8 Å². The van der Waals surface area contributed by atoms with Crippen molar-refractivity contribution in [1.82, 2.24) is 0 Å². The van der Waals surface area contributed by atoms with Crippen LogP contribution in [0.3, 0.4) is 0 Å². The molecule has 1 N–H and O–H groups in total. The van der Waals surface area contributed by atoms with Crippen LogP contribution in [0.2, 0.25) is 0 Å². The Kier molecular flexibility index (Phi) is 2.80. The van der Waals surface area contributed by atoms with Gasteiger partial charge in [0.15, 0.2) is 0 Å². The molecular weight excluding hydrogens is 189 g/mol. The third kappa shape index (κ3) is 2.33. The highest BCUT2D eigenvalue weighted by Gasteiger charge is 2.48. The lowest BCUT2D eigenvalue weighted by Gasteiger charge is -2.29. The summed E-state index contributed by atoms with van der Waals surface area (Å²) < 4.78 is 41.4. The normalized spacial score (nSPS) is 30.1. The fourth-order valence-electron chi connectivity index (χ4n) is 1.37. The first-order valence-corrected chi connectivity index (χ1v) is 3.80. The molecule has 0 aromatic carbocycles. The van der Waals surface area contributed by atoms with E-state index in [2.05, 4.69) is 4.74 Å². The molecule has 1 rings (SSSR count). The molecule has 76 valence electrons. The average Bonchev–Trinajstić information content (AvgIpc) is 2.03. The number of carboxylic acids is 1. The van der Waals surface area contributed by atoms with Crippen LogP contribution in [0.15, 0.2) is 0 Å². The van der Waals surface area contributed by atoms with Gasteiger partial charge in [-0.05, 0) is 6.42 Å². The van der Waals surface area contributed by atoms with Crippen molar-refractivity contribution in [2.45, 2.75) is 12.6 Å². The minimum absolute atomic E-state index is 0.0199. The first-order valence-electron chi connectivity index (χ1n) is 3.80. The summed E-state index contributed by atoms with van der Waals surface area (Å²) in [5.74, 6) is -4.66. The summed E-state index contributed by atoms with van der Waals surface area (Å²) in [6.45, 7) is -0.368. The third-order valence-electron chi connectivity index (χ3n) is 2.09. The van der Waals surface area contributed by atoms with Crippen LogP contribution in [0.4, 0.5) is 13.2 Å². The van der Waals surface area contributed by atoms with E-state index in [0.717, 1.165) is 0 Å². The molecule has 1 aliphatic heterocycles. The van der Waals surface area contributed by atoms with Gasteiger partial charge < -0.3 is 9.84 Å². The Morgan fingerprint density at radius 3 is 2.46 bits per heavy atom. The molecule has 0 saturated carbocycles. The first kappa shape index (κ1) is 10.3. The number of halogens is 3. The van der Waals surface area contributed by atoms with Gasteiger partial charge in [0.05, 0.1) is 18.4 Å². The number of rotatable bonds is 1. The summed E-state index contributed by atoms with van der Waals surface area (Å²) >= 11 is 0. The molecule has 3 nitrogen and oxygen atoms in total. The Labute approximate surface area is 72.5 Å². The largest absolute Gasteiger partial charge is 0.481 e. The molecule has 0 amide bonds. The number of carboxylic acid groups (broad SMARTS) is 1. The van der Waals surface area contributed by atoms with E-state index in [9.17, 15) is 18.0 Å². The lowest BCUT2D eigenvalue weighted by Crippen LogP contribution is -2.41. The second-order valence-electron chi connectivity index (χ2n) is 2.96. The van der Waals surface area contributed by atoms with Gasteiger partial charge in [-0.15, -0.1) is 0 Å². The van der Waals surface area contributed by atoms with Crippen LogP contribution in [-0.4, -0.2) is 30.5 Å². The lowest BCUT2D eigenvalue weighted by molar-refractivity contribution is -0.215. The molecule has 2 atom stereocenters. The van der Waals surface area contributed by atoms with Gasteiger partial charge in [-0.2, -0.15) is 13.2 Å². The molecule has 2 unspecified atom stereocenters. The number of hydrogen-bond donors (Lipinski definition) is 1. The van der Waals surface area contributed by atoms with Crippen molar-refractivity contribution in [3.05, 3.63) is 0 Å². The molecule has 0 radical (unpaired) electrons. The van der Waals surface area contributed by atoms with E-state index in [1.165, 1.54) is 0 Å². The summed E-state index contributed by atoms with van der Waals surface area (Å²) in [5.41, 5.74) is 0. The molecule has 0 bridgehead atoms. The van der Waals surface area contributed by atoms with Gasteiger partial charge in [0.2, 0.25) is 0 Å². The molecule has 1 fully saturated rings. The summed E-state index contributed by atoms with van der Waals surface area (Å²) in [5, 5.41) is 8.49. The highest BCUT2D eigenvalue weighted by molar-refractivity contribution is 5.70. The zero-order valence-electron chi connectivity index (χ0n) is 6.67. The molecular formula is C7H9F3O3. The third-order valence-corrected chi connectivity index (χ3v) is 2.09. The van der Waals surface area contributed by atoms with Crippen LogP contribution >= 0.6 is 0 Å². The zero-order chi connectivity index (χ0) is 10.1. The second-order valence-corrected chi connectivity index (χ2v) is 2.96. The van der Waals surface area contributed by atoms with E-state index in [1.807, 2.05) is 0 Å². The summed E-state index contributed by atoms with van der Waals surface area (Å²) in [6, 6.07) is 0. The van der Waals surface area contributed by atoms with Crippen molar-refractivity contribution in [2.75, 3.05) is 13.2 Å². The fraction of sp³-hybridized carbons (Fsp3) is 0.857. The molecule has 0 spiro atoms. The van der Waals surface area contributed by atoms with Crippen LogP contribution in [-0.2, 0) is 9.53 Å². The quantitative estimate of drug-likeness (QED) is 0.690. The molecule has 6 heteroatoms. The van der Waals surface area contributed by atoms with Gasteiger partial charge >= 0.3 is 12.1 Å². The van der Waals surface area contributed by atoms with Gasteiger partial charge in [-0.25, -0.2) is 0 Å². The molecule has 0 aromatic heterocycles. The number of alkyl halides is 3. The Morgan fingerprint density at radius 1 is 1.46 bits per heavy atom. The van der Waals surface area contributed by atoms with Crippen molar-refractivity contribution in [3.8, 4) is 0 Å². The van der Waals surface area contributed by atoms with Crippen LogP contribution in [0.1, 0.15) is 6.42 Å². The van der Waals surface area contributed by atoms with Gasteiger partial charge in [0.25, 0.3) is 0 Å². The number of ether oxygens (including phenoxy) is 1. The maximum absolute atomic E-state index is 12.2. The van der Waals surface area contributed by atoms with Gasteiger partial charge in [0, 0.05) is 6.61 Å². The minimum Gasteiger partial charge on any atom is -0.481 e. The lowest BCUT2D eigenvalue weighted by atomic mass is 9.88. The molecule has 0 aliphatic carbocycles. The van der Waals surface area contributed by atoms with Crippen molar-refractivity contribution >= 4 is 5.97 Å². The van der Waals surface area contributed by atoms with E-state index >= 15 is 0 Å². The predicted molar refractivity (Wildman–Crippen MR) is 36.1 cm³/mol. The standard InChI is InChI=1S/C7H9F3O3/c8-7(9,10)5-1-2-13-3-4(5)6(11)12/h4-5H,1-3H2,(H,11,12). The Balaban J connectivity index is 2.73. The van der Waals surface area contributed by atoms with E-state index < -0.39 is 24.0 Å². The maximum atomic E-state index is 12.2. The van der Waals surface area contributed by atoms with E-state index in [1.54, 1.807) is 0 Å². The SMILES string of the molecule is O=C(O)C1COCCC1C(F)(F)F.